The molecule has 0 fully saturated rings. The van der Waals surface area contributed by atoms with Crippen molar-refractivity contribution in [3.05, 3.63) is 72.3 Å². The van der Waals surface area contributed by atoms with Crippen molar-refractivity contribution in [1.82, 2.24) is 4.57 Å². The normalized spacial score (nSPS) is 11.9. The molecule has 0 saturated heterocycles. The summed E-state index contributed by atoms with van der Waals surface area (Å²) in [5.41, 5.74) is 6.60. The Kier molecular flexibility index (Phi) is 3.88. The van der Waals surface area contributed by atoms with Crippen molar-refractivity contribution in [2.75, 3.05) is 0 Å². The SMILES string of the molecule is CC(C)c1ccc(-c2ccc3c4ccccc4n(C(C)C)c3c2)cc1. The van der Waals surface area contributed by atoms with Crippen molar-refractivity contribution in [2.45, 2.75) is 39.7 Å². The molecule has 1 nitrogen and oxygen atoms in total. The first-order valence-electron chi connectivity index (χ1n) is 9.19. The molecule has 0 N–H and O–H groups in total. The van der Waals surface area contributed by atoms with Gasteiger partial charge in [-0.1, -0.05) is 68.4 Å². The van der Waals surface area contributed by atoms with Gasteiger partial charge in [0.2, 0.25) is 0 Å². The quantitative estimate of drug-likeness (QED) is 0.376. The molecule has 0 radical (unpaired) electrons. The van der Waals surface area contributed by atoms with Crippen LogP contribution in [-0.4, -0.2) is 4.57 Å². The van der Waals surface area contributed by atoms with Gasteiger partial charge in [-0.05, 0) is 48.6 Å². The van der Waals surface area contributed by atoms with Gasteiger partial charge < -0.3 is 4.57 Å². The van der Waals surface area contributed by atoms with Crippen LogP contribution in [0, 0.1) is 0 Å². The van der Waals surface area contributed by atoms with Crippen LogP contribution < -0.4 is 0 Å². The Hall–Kier alpha value is -2.54. The van der Waals surface area contributed by atoms with Gasteiger partial charge in [-0.25, -0.2) is 0 Å². The van der Waals surface area contributed by atoms with Crippen molar-refractivity contribution in [3.8, 4) is 11.1 Å². The lowest BCUT2D eigenvalue weighted by atomic mass is 9.98. The molecule has 0 spiro atoms. The fourth-order valence-corrected chi connectivity index (χ4v) is 3.80. The fraction of sp³-hybridized carbons (Fsp3) is 0.250. The number of hydrogen-bond acceptors (Lipinski definition) is 0. The predicted molar refractivity (Wildman–Crippen MR) is 109 cm³/mol. The van der Waals surface area contributed by atoms with Gasteiger partial charge >= 0.3 is 0 Å². The largest absolute Gasteiger partial charge is 0.338 e. The molecule has 4 aromatic rings. The highest BCUT2D eigenvalue weighted by atomic mass is 15.0. The zero-order valence-corrected chi connectivity index (χ0v) is 15.5. The monoisotopic (exact) mass is 327 g/mol. The van der Waals surface area contributed by atoms with Crippen LogP contribution in [0.25, 0.3) is 32.9 Å². The summed E-state index contributed by atoms with van der Waals surface area (Å²) in [4.78, 5) is 0. The molecule has 25 heavy (non-hydrogen) atoms. The minimum atomic E-state index is 0.431. The Morgan fingerprint density at radius 3 is 1.96 bits per heavy atom. The van der Waals surface area contributed by atoms with Gasteiger partial charge in [-0.2, -0.15) is 0 Å². The van der Waals surface area contributed by atoms with Crippen LogP contribution >= 0.6 is 0 Å². The van der Waals surface area contributed by atoms with Crippen LogP contribution in [0.1, 0.15) is 45.2 Å². The van der Waals surface area contributed by atoms with Crippen LogP contribution in [0.5, 0.6) is 0 Å². The Labute approximate surface area is 149 Å². The van der Waals surface area contributed by atoms with Crippen LogP contribution in [0.15, 0.2) is 66.7 Å². The van der Waals surface area contributed by atoms with Crippen molar-refractivity contribution in [1.29, 1.82) is 0 Å². The summed E-state index contributed by atoms with van der Waals surface area (Å²) in [6.45, 7) is 9.00. The molecular formula is C24H25N. The zero-order valence-electron chi connectivity index (χ0n) is 15.5. The average Bonchev–Trinajstić information content (AvgIpc) is 2.95. The number of aromatic nitrogens is 1. The van der Waals surface area contributed by atoms with E-state index < -0.39 is 0 Å². The molecule has 0 aliphatic rings. The number of fused-ring (bicyclic) bond motifs is 3. The first-order valence-corrected chi connectivity index (χ1v) is 9.19. The first-order chi connectivity index (χ1) is 12.1. The molecule has 0 bridgehead atoms. The molecule has 0 saturated carbocycles. The van der Waals surface area contributed by atoms with E-state index in [1.807, 2.05) is 0 Å². The topological polar surface area (TPSA) is 4.93 Å². The molecule has 3 aromatic carbocycles. The summed E-state index contributed by atoms with van der Waals surface area (Å²) in [7, 11) is 0. The number of hydrogen-bond donors (Lipinski definition) is 0. The highest BCUT2D eigenvalue weighted by Crippen LogP contribution is 2.34. The van der Waals surface area contributed by atoms with Gasteiger partial charge in [-0.3, -0.25) is 0 Å². The van der Waals surface area contributed by atoms with Gasteiger partial charge in [0.25, 0.3) is 0 Å². The minimum absolute atomic E-state index is 0.431. The molecule has 1 heteroatoms. The lowest BCUT2D eigenvalue weighted by Crippen LogP contribution is -1.99. The highest BCUT2D eigenvalue weighted by molar-refractivity contribution is 6.09. The number of para-hydroxylation sites is 1. The molecular weight excluding hydrogens is 302 g/mol. The Morgan fingerprint density at radius 2 is 1.28 bits per heavy atom. The van der Waals surface area contributed by atoms with Gasteiger partial charge in [0.05, 0.1) is 0 Å². The van der Waals surface area contributed by atoms with E-state index in [9.17, 15) is 0 Å². The number of rotatable bonds is 3. The first kappa shape index (κ1) is 16.0. The summed E-state index contributed by atoms with van der Waals surface area (Å²) >= 11 is 0. The Bertz CT molecular complexity index is 1030. The lowest BCUT2D eigenvalue weighted by molar-refractivity contribution is 0.642. The minimum Gasteiger partial charge on any atom is -0.338 e. The van der Waals surface area contributed by atoms with Crippen LogP contribution in [0.2, 0.25) is 0 Å². The van der Waals surface area contributed by atoms with E-state index in [4.69, 9.17) is 0 Å². The maximum Gasteiger partial charge on any atom is 0.0500 e. The van der Waals surface area contributed by atoms with Crippen LogP contribution in [0.3, 0.4) is 0 Å². The van der Waals surface area contributed by atoms with E-state index in [2.05, 4.69) is 99.0 Å². The van der Waals surface area contributed by atoms with Crippen molar-refractivity contribution in [3.63, 3.8) is 0 Å². The second-order valence-electron chi connectivity index (χ2n) is 7.49. The fourth-order valence-electron chi connectivity index (χ4n) is 3.80. The van der Waals surface area contributed by atoms with Gasteiger partial charge in [0.15, 0.2) is 0 Å². The molecule has 1 aromatic heterocycles. The molecule has 0 aliphatic heterocycles. The summed E-state index contributed by atoms with van der Waals surface area (Å²) in [5, 5.41) is 2.68. The van der Waals surface area contributed by atoms with E-state index in [1.165, 1.54) is 38.5 Å². The summed E-state index contributed by atoms with van der Waals surface area (Å²) in [5.74, 6) is 0.569. The van der Waals surface area contributed by atoms with Crippen molar-refractivity contribution >= 4 is 21.8 Å². The maximum atomic E-state index is 2.46. The van der Waals surface area contributed by atoms with E-state index in [0.29, 0.717) is 12.0 Å². The number of nitrogens with zero attached hydrogens (tertiary/aromatic N) is 1. The lowest BCUT2D eigenvalue weighted by Gasteiger charge is -2.12. The van der Waals surface area contributed by atoms with E-state index in [0.717, 1.165) is 0 Å². The van der Waals surface area contributed by atoms with Crippen molar-refractivity contribution < 1.29 is 0 Å². The van der Waals surface area contributed by atoms with Gasteiger partial charge in [0, 0.05) is 27.8 Å². The van der Waals surface area contributed by atoms with E-state index in [1.54, 1.807) is 0 Å². The summed E-state index contributed by atoms with van der Waals surface area (Å²) < 4.78 is 2.46. The second-order valence-corrected chi connectivity index (χ2v) is 7.49. The standard InChI is InChI=1S/C24H25N/c1-16(2)18-9-11-19(12-10-18)20-13-14-22-21-7-5-6-8-23(21)25(17(3)4)24(22)15-20/h5-17H,1-4H3. The zero-order chi connectivity index (χ0) is 17.6. The maximum absolute atomic E-state index is 2.46. The Morgan fingerprint density at radius 1 is 0.640 bits per heavy atom. The summed E-state index contributed by atoms with van der Waals surface area (Å²) in [6, 6.07) is 25.0. The molecule has 0 aliphatic carbocycles. The molecule has 0 unspecified atom stereocenters. The van der Waals surface area contributed by atoms with Gasteiger partial charge in [0.1, 0.15) is 0 Å². The van der Waals surface area contributed by atoms with Gasteiger partial charge in [-0.15, -0.1) is 0 Å². The van der Waals surface area contributed by atoms with E-state index >= 15 is 0 Å². The highest BCUT2D eigenvalue weighted by Gasteiger charge is 2.13. The predicted octanol–water partition coefficient (Wildman–Crippen LogP) is 7.17. The molecule has 1 heterocycles. The average molecular weight is 327 g/mol. The third-order valence-electron chi connectivity index (χ3n) is 5.14. The third kappa shape index (κ3) is 2.64. The molecule has 4 rings (SSSR count). The second kappa shape index (κ2) is 6.07. The molecule has 0 atom stereocenters. The smallest absolute Gasteiger partial charge is 0.0500 e. The van der Waals surface area contributed by atoms with Crippen LogP contribution in [-0.2, 0) is 0 Å². The van der Waals surface area contributed by atoms with Crippen molar-refractivity contribution in [2.24, 2.45) is 0 Å². The molecule has 0 amide bonds. The third-order valence-corrected chi connectivity index (χ3v) is 5.14. The van der Waals surface area contributed by atoms with Crippen LogP contribution in [0.4, 0.5) is 0 Å². The van der Waals surface area contributed by atoms with E-state index in [-0.39, 0.29) is 0 Å². The Balaban J connectivity index is 1.93. The molecule has 126 valence electrons. The summed E-state index contributed by atoms with van der Waals surface area (Å²) in [6.07, 6.45) is 0. The number of benzene rings is 3.